The van der Waals surface area contributed by atoms with Crippen LogP contribution in [0.3, 0.4) is 0 Å². The van der Waals surface area contributed by atoms with Gasteiger partial charge in [0, 0.05) is 0 Å². The molecule has 0 aromatic rings. The van der Waals surface area contributed by atoms with E-state index >= 15 is 0 Å². The summed E-state index contributed by atoms with van der Waals surface area (Å²) < 4.78 is 0. The van der Waals surface area contributed by atoms with Crippen molar-refractivity contribution in [1.29, 1.82) is 0 Å². The Kier molecular flexibility index (Phi) is 2.32. The van der Waals surface area contributed by atoms with Crippen molar-refractivity contribution >= 4 is 5.97 Å². The van der Waals surface area contributed by atoms with E-state index in [9.17, 15) is 4.79 Å². The molecule has 0 spiro atoms. The highest BCUT2D eigenvalue weighted by molar-refractivity contribution is 5.71. The largest absolute Gasteiger partial charge is 0.479 e. The molecular weight excluding hydrogens is 100 g/mol. The fraction of sp³-hybridized carbons (Fsp3) is 0.667. The number of aliphatic hydroxyl groups excluding tert-OH is 2. The second-order valence-corrected chi connectivity index (χ2v) is 1.04. The monoisotopic (exact) mass is 106 g/mol. The summed E-state index contributed by atoms with van der Waals surface area (Å²) in [6.45, 7) is -0.727. The van der Waals surface area contributed by atoms with Gasteiger partial charge in [-0.15, -0.1) is 0 Å². The molecule has 4 nitrogen and oxygen atoms in total. The molecule has 3 N–H and O–H groups in total. The fourth-order valence-electron chi connectivity index (χ4n) is 0.0781. The van der Waals surface area contributed by atoms with E-state index in [0.717, 1.165) is 0 Å². The Morgan fingerprint density at radius 1 is 1.71 bits per heavy atom. The van der Waals surface area contributed by atoms with Crippen LogP contribution in [0.4, 0.5) is 0 Å². The van der Waals surface area contributed by atoms with Crippen molar-refractivity contribution in [2.45, 2.75) is 6.10 Å². The van der Waals surface area contributed by atoms with E-state index in [2.05, 4.69) is 0 Å². The van der Waals surface area contributed by atoms with Gasteiger partial charge in [-0.3, -0.25) is 0 Å². The molecule has 0 aromatic carbocycles. The standard InChI is InChI=1S/C3H6O4/c4-1-2(5)3(6)7/h2,4-5H,1H2,(H,6,7)/t2-/m0/s1. The Hall–Kier alpha value is -0.610. The van der Waals surface area contributed by atoms with Crippen LogP contribution in [0.1, 0.15) is 0 Å². The van der Waals surface area contributed by atoms with Crippen molar-refractivity contribution in [3.8, 4) is 0 Å². The third-order valence-corrected chi connectivity index (χ3v) is 0.458. The quantitative estimate of drug-likeness (QED) is 0.397. The van der Waals surface area contributed by atoms with E-state index < -0.39 is 18.7 Å². The average Bonchev–Trinajstić information content (AvgIpc) is 1.65. The Morgan fingerprint density at radius 3 is 2.14 bits per heavy atom. The van der Waals surface area contributed by atoms with E-state index in [1.807, 2.05) is 0 Å². The molecule has 0 radical (unpaired) electrons. The smallest absolute Gasteiger partial charge is 0.334 e. The summed E-state index contributed by atoms with van der Waals surface area (Å²) in [6, 6.07) is 0. The maximum Gasteiger partial charge on any atom is 0.334 e. The lowest BCUT2D eigenvalue weighted by Crippen LogP contribution is -2.22. The van der Waals surface area contributed by atoms with Crippen LogP contribution in [0.2, 0.25) is 0 Å². The maximum absolute atomic E-state index is 9.52. The van der Waals surface area contributed by atoms with Crippen LogP contribution in [-0.2, 0) is 4.79 Å². The number of carboxylic acids is 1. The van der Waals surface area contributed by atoms with Gasteiger partial charge in [0.2, 0.25) is 0 Å². The zero-order valence-corrected chi connectivity index (χ0v) is 3.53. The molecule has 0 aliphatic carbocycles. The number of carbonyl (C=O) groups is 1. The zero-order chi connectivity index (χ0) is 5.86. The average molecular weight is 106 g/mol. The third kappa shape index (κ3) is 2.13. The van der Waals surface area contributed by atoms with Gasteiger partial charge in [0.1, 0.15) is 0 Å². The van der Waals surface area contributed by atoms with E-state index in [1.165, 1.54) is 0 Å². The van der Waals surface area contributed by atoms with Crippen LogP contribution in [0.5, 0.6) is 0 Å². The summed E-state index contributed by atoms with van der Waals surface area (Å²) in [6.07, 6.45) is -1.63. The Labute approximate surface area is 40.0 Å². The van der Waals surface area contributed by atoms with Crippen molar-refractivity contribution < 1.29 is 20.1 Å². The van der Waals surface area contributed by atoms with Crippen molar-refractivity contribution in [3.63, 3.8) is 0 Å². The first kappa shape index (κ1) is 6.39. The third-order valence-electron chi connectivity index (χ3n) is 0.458. The van der Waals surface area contributed by atoms with E-state index in [4.69, 9.17) is 15.3 Å². The summed E-state index contributed by atoms with van der Waals surface area (Å²) in [5.41, 5.74) is 0. The highest BCUT2D eigenvalue weighted by atomic mass is 16.4. The second kappa shape index (κ2) is 2.54. The van der Waals surface area contributed by atoms with Crippen molar-refractivity contribution in [2.24, 2.45) is 0 Å². The van der Waals surface area contributed by atoms with Crippen molar-refractivity contribution in [1.82, 2.24) is 0 Å². The molecule has 0 unspecified atom stereocenters. The van der Waals surface area contributed by atoms with Gasteiger partial charge in [-0.25, -0.2) is 4.79 Å². The predicted octanol–water partition coefficient (Wildman–Crippen LogP) is -1.58. The molecule has 0 amide bonds. The number of hydrogen-bond acceptors (Lipinski definition) is 3. The molecule has 0 bridgehead atoms. The van der Waals surface area contributed by atoms with Gasteiger partial charge < -0.3 is 15.3 Å². The van der Waals surface area contributed by atoms with E-state index in [1.54, 1.807) is 0 Å². The molecule has 0 saturated heterocycles. The van der Waals surface area contributed by atoms with Gasteiger partial charge in [-0.05, 0) is 0 Å². The topological polar surface area (TPSA) is 77.8 Å². The lowest BCUT2D eigenvalue weighted by Gasteiger charge is -1.95. The lowest BCUT2D eigenvalue weighted by atomic mass is 10.4. The van der Waals surface area contributed by atoms with Crippen LogP contribution in [0.25, 0.3) is 0 Å². The van der Waals surface area contributed by atoms with Gasteiger partial charge in [0.25, 0.3) is 0 Å². The number of carboxylic acid groups (broad SMARTS) is 1. The SMILES string of the molecule is O=C(O)[C@@H](O)CO. The summed E-state index contributed by atoms with van der Waals surface area (Å²) in [4.78, 5) is 9.52. The highest BCUT2D eigenvalue weighted by Gasteiger charge is 2.08. The van der Waals surface area contributed by atoms with E-state index in [-0.39, 0.29) is 0 Å². The molecule has 7 heavy (non-hydrogen) atoms. The van der Waals surface area contributed by atoms with Crippen LogP contribution in [0.15, 0.2) is 0 Å². The minimum absolute atomic E-state index is 0.727. The Bertz CT molecular complexity index is 69.3. The van der Waals surface area contributed by atoms with Crippen LogP contribution in [-0.4, -0.2) is 34.0 Å². The van der Waals surface area contributed by atoms with Crippen LogP contribution >= 0.6 is 0 Å². The molecule has 0 rings (SSSR count). The molecule has 42 valence electrons. The molecule has 4 heteroatoms. The summed E-state index contributed by atoms with van der Waals surface area (Å²) in [5.74, 6) is -1.40. The minimum atomic E-state index is -1.63. The molecule has 0 aliphatic rings. The molecule has 0 heterocycles. The van der Waals surface area contributed by atoms with Gasteiger partial charge in [0.15, 0.2) is 6.10 Å². The fourth-order valence-corrected chi connectivity index (χ4v) is 0.0781. The zero-order valence-electron chi connectivity index (χ0n) is 3.53. The number of hydrogen-bond donors (Lipinski definition) is 3. The minimum Gasteiger partial charge on any atom is -0.479 e. The van der Waals surface area contributed by atoms with Gasteiger partial charge >= 0.3 is 5.97 Å². The molecule has 1 atom stereocenters. The van der Waals surface area contributed by atoms with Crippen molar-refractivity contribution in [3.05, 3.63) is 0 Å². The summed E-state index contributed by atoms with van der Waals surface area (Å²) in [7, 11) is 0. The molecule has 0 saturated carbocycles. The summed E-state index contributed by atoms with van der Waals surface area (Å²) in [5, 5.41) is 23.7. The first-order valence-corrected chi connectivity index (χ1v) is 1.70. The Morgan fingerprint density at radius 2 is 2.14 bits per heavy atom. The number of rotatable bonds is 2. The van der Waals surface area contributed by atoms with Crippen molar-refractivity contribution in [2.75, 3.05) is 6.61 Å². The summed E-state index contributed by atoms with van der Waals surface area (Å²) >= 11 is 0. The molecule has 0 aromatic heterocycles. The first-order chi connectivity index (χ1) is 3.18. The second-order valence-electron chi connectivity index (χ2n) is 1.04. The molecule has 0 fully saturated rings. The molecule has 0 aliphatic heterocycles. The predicted molar refractivity (Wildman–Crippen MR) is 20.7 cm³/mol. The number of aliphatic hydroxyl groups is 2. The first-order valence-electron chi connectivity index (χ1n) is 1.70. The van der Waals surface area contributed by atoms with Gasteiger partial charge in [-0.2, -0.15) is 0 Å². The van der Waals surface area contributed by atoms with Gasteiger partial charge in [-0.1, -0.05) is 0 Å². The lowest BCUT2D eigenvalue weighted by molar-refractivity contribution is -0.148. The van der Waals surface area contributed by atoms with Crippen LogP contribution in [0, 0.1) is 0 Å². The Balaban J connectivity index is 3.34. The maximum atomic E-state index is 9.52. The number of aliphatic carboxylic acids is 1. The molecular formula is C3H6O4. The normalized spacial score (nSPS) is 13.4. The van der Waals surface area contributed by atoms with E-state index in [0.29, 0.717) is 0 Å². The van der Waals surface area contributed by atoms with Gasteiger partial charge in [0.05, 0.1) is 6.61 Å². The van der Waals surface area contributed by atoms with Crippen LogP contribution < -0.4 is 0 Å². The highest BCUT2D eigenvalue weighted by Crippen LogP contribution is 1.75.